The summed E-state index contributed by atoms with van der Waals surface area (Å²) in [6, 6.07) is 5.53. The zero-order valence-electron chi connectivity index (χ0n) is 21.2. The molecule has 0 bridgehead atoms. The molecule has 0 saturated carbocycles. The minimum absolute atomic E-state index is 0.0682. The second-order valence-electron chi connectivity index (χ2n) is 9.59. The first-order valence-electron chi connectivity index (χ1n) is 11.6. The van der Waals surface area contributed by atoms with Crippen LogP contribution in [0.2, 0.25) is 0 Å². The maximum Gasteiger partial charge on any atom is 0.408 e. The molecule has 0 aliphatic carbocycles. The third-order valence-corrected chi connectivity index (χ3v) is 5.48. The van der Waals surface area contributed by atoms with E-state index in [-0.39, 0.29) is 13.1 Å². The fraction of sp³-hybridized carbons (Fsp3) is 0.583. The average molecular weight is 509 g/mol. The molecule has 36 heavy (non-hydrogen) atoms. The molecule has 4 amide bonds. The summed E-state index contributed by atoms with van der Waals surface area (Å²) in [5, 5.41) is 27.7. The van der Waals surface area contributed by atoms with Crippen LogP contribution in [0, 0.1) is 0 Å². The number of amides is 4. The van der Waals surface area contributed by atoms with Crippen LogP contribution < -0.4 is 20.7 Å². The van der Waals surface area contributed by atoms with Gasteiger partial charge in [0.2, 0.25) is 17.7 Å². The van der Waals surface area contributed by atoms with E-state index in [9.17, 15) is 29.4 Å². The number of ether oxygens (including phenoxy) is 2. The van der Waals surface area contributed by atoms with Crippen LogP contribution in [0.15, 0.2) is 24.3 Å². The second-order valence-corrected chi connectivity index (χ2v) is 9.59. The Hall–Kier alpha value is -3.38. The molecule has 4 atom stereocenters. The standard InChI is InChI=1S/C24H36N4O8/c1-14(27-23(34)36-24(2,3)4)22(33)26-11-19(30)25-12-20(31)28-13-18(29)21(32)17(28)10-15-6-8-16(35-5)9-7-15/h6-9,14,17-18,21,29,32H,10-13H2,1-5H3,(H,25,30)(H,26,33)(H,27,34)/t14-,17+,18-,21-/m0/s1. The molecular weight excluding hydrogens is 472 g/mol. The average Bonchev–Trinajstić information content (AvgIpc) is 3.08. The number of β-amino-alcohol motifs (C(OH)–C–C–N with tert-alkyl or cyclic N) is 1. The lowest BCUT2D eigenvalue weighted by atomic mass is 10.0. The lowest BCUT2D eigenvalue weighted by molar-refractivity contribution is -0.134. The van der Waals surface area contributed by atoms with Crippen molar-refractivity contribution in [3.8, 4) is 5.75 Å². The zero-order chi connectivity index (χ0) is 27.0. The summed E-state index contributed by atoms with van der Waals surface area (Å²) in [7, 11) is 1.55. The molecule has 1 fully saturated rings. The van der Waals surface area contributed by atoms with Gasteiger partial charge in [0.05, 0.1) is 32.3 Å². The number of aliphatic hydroxyl groups excluding tert-OH is 2. The van der Waals surface area contributed by atoms with Crippen LogP contribution in [0.3, 0.4) is 0 Å². The van der Waals surface area contributed by atoms with Crippen molar-refractivity contribution in [3.63, 3.8) is 0 Å². The molecule has 12 heteroatoms. The number of carbonyl (C=O) groups is 4. The summed E-state index contributed by atoms with van der Waals surface area (Å²) in [5.41, 5.74) is 0.120. The van der Waals surface area contributed by atoms with E-state index < -0.39 is 60.3 Å². The summed E-state index contributed by atoms with van der Waals surface area (Å²) >= 11 is 0. The first kappa shape index (κ1) is 28.9. The molecule has 1 saturated heterocycles. The maximum atomic E-state index is 12.7. The summed E-state index contributed by atoms with van der Waals surface area (Å²) in [6.45, 7) is 5.65. The Bertz CT molecular complexity index is 931. The Balaban J connectivity index is 1.82. The number of alkyl carbamates (subject to hydrolysis) is 1. The highest BCUT2D eigenvalue weighted by Crippen LogP contribution is 2.23. The lowest BCUT2D eigenvalue weighted by Crippen LogP contribution is -2.50. The third kappa shape index (κ3) is 8.68. The van der Waals surface area contributed by atoms with Crippen molar-refractivity contribution >= 4 is 23.8 Å². The number of aliphatic hydroxyl groups is 2. The predicted octanol–water partition coefficient (Wildman–Crippen LogP) is -0.684. The Morgan fingerprint density at radius 1 is 1.08 bits per heavy atom. The third-order valence-electron chi connectivity index (χ3n) is 5.48. The van der Waals surface area contributed by atoms with Crippen LogP contribution in [0.5, 0.6) is 5.75 Å². The van der Waals surface area contributed by atoms with E-state index in [0.717, 1.165) is 5.56 Å². The summed E-state index contributed by atoms with van der Waals surface area (Å²) in [4.78, 5) is 50.1. The van der Waals surface area contributed by atoms with E-state index in [2.05, 4.69) is 16.0 Å². The molecule has 1 heterocycles. The number of nitrogens with zero attached hydrogens (tertiary/aromatic N) is 1. The van der Waals surface area contributed by atoms with Crippen LogP contribution in [-0.2, 0) is 25.5 Å². The normalized spacial score (nSPS) is 20.3. The molecule has 200 valence electrons. The number of benzene rings is 1. The molecule has 0 spiro atoms. The minimum atomic E-state index is -1.13. The van der Waals surface area contributed by atoms with Gasteiger partial charge in [-0.05, 0) is 51.8 Å². The Morgan fingerprint density at radius 3 is 2.31 bits per heavy atom. The van der Waals surface area contributed by atoms with E-state index in [1.54, 1.807) is 40.0 Å². The van der Waals surface area contributed by atoms with Gasteiger partial charge in [-0.15, -0.1) is 0 Å². The van der Waals surface area contributed by atoms with Gasteiger partial charge < -0.3 is 40.5 Å². The van der Waals surface area contributed by atoms with Crippen molar-refractivity contribution < 1.29 is 38.9 Å². The van der Waals surface area contributed by atoms with Gasteiger partial charge in [-0.25, -0.2) is 4.79 Å². The van der Waals surface area contributed by atoms with E-state index in [1.165, 1.54) is 11.8 Å². The molecule has 2 rings (SSSR count). The number of likely N-dealkylation sites (tertiary alicyclic amines) is 1. The van der Waals surface area contributed by atoms with E-state index >= 15 is 0 Å². The molecular formula is C24H36N4O8. The van der Waals surface area contributed by atoms with Crippen molar-refractivity contribution in [2.75, 3.05) is 26.7 Å². The summed E-state index contributed by atoms with van der Waals surface area (Å²) < 4.78 is 10.2. The fourth-order valence-electron chi connectivity index (χ4n) is 3.62. The van der Waals surface area contributed by atoms with Gasteiger partial charge in [-0.1, -0.05) is 12.1 Å². The minimum Gasteiger partial charge on any atom is -0.497 e. The van der Waals surface area contributed by atoms with Crippen molar-refractivity contribution in [2.45, 2.75) is 64.0 Å². The molecule has 1 aliphatic heterocycles. The Morgan fingerprint density at radius 2 is 1.72 bits per heavy atom. The maximum absolute atomic E-state index is 12.7. The highest BCUT2D eigenvalue weighted by molar-refractivity contribution is 5.90. The number of methoxy groups -OCH3 is 1. The first-order chi connectivity index (χ1) is 16.8. The smallest absolute Gasteiger partial charge is 0.408 e. The van der Waals surface area contributed by atoms with Crippen molar-refractivity contribution in [3.05, 3.63) is 29.8 Å². The molecule has 12 nitrogen and oxygen atoms in total. The summed E-state index contributed by atoms with van der Waals surface area (Å²) in [5.74, 6) is -1.03. The van der Waals surface area contributed by atoms with Gasteiger partial charge in [0.15, 0.2) is 0 Å². The second kappa shape index (κ2) is 12.5. The van der Waals surface area contributed by atoms with Crippen LogP contribution in [0.1, 0.15) is 33.3 Å². The molecule has 0 aromatic heterocycles. The van der Waals surface area contributed by atoms with Gasteiger partial charge in [0, 0.05) is 6.54 Å². The molecule has 1 aromatic rings. The van der Waals surface area contributed by atoms with Crippen LogP contribution in [-0.4, -0.2) is 95.6 Å². The highest BCUT2D eigenvalue weighted by Gasteiger charge is 2.42. The van der Waals surface area contributed by atoms with Gasteiger partial charge >= 0.3 is 6.09 Å². The number of hydrogen-bond donors (Lipinski definition) is 5. The topological polar surface area (TPSA) is 167 Å². The van der Waals surface area contributed by atoms with Crippen molar-refractivity contribution in [1.82, 2.24) is 20.9 Å². The molecule has 1 aliphatic rings. The van der Waals surface area contributed by atoms with E-state index in [1.807, 2.05) is 12.1 Å². The number of nitrogens with one attached hydrogen (secondary N) is 3. The quantitative estimate of drug-likeness (QED) is 0.292. The van der Waals surface area contributed by atoms with Crippen LogP contribution in [0.4, 0.5) is 4.79 Å². The number of carbonyl (C=O) groups excluding carboxylic acids is 4. The van der Waals surface area contributed by atoms with Gasteiger partial charge in [0.25, 0.3) is 0 Å². The van der Waals surface area contributed by atoms with Crippen LogP contribution >= 0.6 is 0 Å². The Labute approximate surface area is 210 Å². The van der Waals surface area contributed by atoms with Gasteiger partial charge in [-0.2, -0.15) is 0 Å². The van der Waals surface area contributed by atoms with Crippen molar-refractivity contribution in [1.29, 1.82) is 0 Å². The monoisotopic (exact) mass is 508 g/mol. The SMILES string of the molecule is COc1ccc(C[C@@H]2[C@H](O)[C@@H](O)CN2C(=O)CNC(=O)CNC(=O)[C@H](C)NC(=O)OC(C)(C)C)cc1. The molecule has 5 N–H and O–H groups in total. The molecule has 0 unspecified atom stereocenters. The van der Waals surface area contributed by atoms with Gasteiger partial charge in [0.1, 0.15) is 23.5 Å². The summed E-state index contributed by atoms with van der Waals surface area (Å²) in [6.07, 6.45) is -2.70. The number of hydrogen-bond acceptors (Lipinski definition) is 8. The van der Waals surface area contributed by atoms with Gasteiger partial charge in [-0.3, -0.25) is 14.4 Å². The largest absolute Gasteiger partial charge is 0.497 e. The van der Waals surface area contributed by atoms with E-state index in [0.29, 0.717) is 12.2 Å². The first-order valence-corrected chi connectivity index (χ1v) is 11.6. The van der Waals surface area contributed by atoms with Crippen LogP contribution in [0.25, 0.3) is 0 Å². The number of rotatable bonds is 9. The highest BCUT2D eigenvalue weighted by atomic mass is 16.6. The predicted molar refractivity (Wildman–Crippen MR) is 129 cm³/mol. The van der Waals surface area contributed by atoms with E-state index in [4.69, 9.17) is 9.47 Å². The lowest BCUT2D eigenvalue weighted by Gasteiger charge is -2.26. The fourth-order valence-corrected chi connectivity index (χ4v) is 3.62. The van der Waals surface area contributed by atoms with Crippen molar-refractivity contribution in [2.24, 2.45) is 0 Å². The Kier molecular flexibility index (Phi) is 10.1. The molecule has 1 aromatic carbocycles. The zero-order valence-corrected chi connectivity index (χ0v) is 21.2. The molecule has 0 radical (unpaired) electrons.